The molecule has 2 atom stereocenters. The number of hydrogen-bond acceptors (Lipinski definition) is 2. The second-order valence-corrected chi connectivity index (χ2v) is 16.8. The zero-order valence-corrected chi connectivity index (χ0v) is 33.8. The Hall–Kier alpha value is -6.71. The summed E-state index contributed by atoms with van der Waals surface area (Å²) >= 11 is 0. The van der Waals surface area contributed by atoms with E-state index in [1.807, 2.05) is 12.3 Å². The van der Waals surface area contributed by atoms with Crippen LogP contribution in [0.5, 0.6) is 0 Å². The minimum absolute atomic E-state index is 0.0739. The van der Waals surface area contributed by atoms with Crippen molar-refractivity contribution < 1.29 is 0 Å². The van der Waals surface area contributed by atoms with Gasteiger partial charge in [0.15, 0.2) is 0 Å². The van der Waals surface area contributed by atoms with Crippen molar-refractivity contribution in [2.45, 2.75) is 50.9 Å². The van der Waals surface area contributed by atoms with Gasteiger partial charge in [-0.3, -0.25) is 4.98 Å². The van der Waals surface area contributed by atoms with Gasteiger partial charge in [-0.05, 0) is 159 Å². The van der Waals surface area contributed by atoms with Gasteiger partial charge in [-0.1, -0.05) is 111 Å². The average Bonchev–Trinajstić information content (AvgIpc) is 3.78. The lowest BCUT2D eigenvalue weighted by Crippen LogP contribution is -2.19. The van der Waals surface area contributed by atoms with Crippen LogP contribution < -0.4 is 5.32 Å². The molecule has 5 aromatic carbocycles. The number of dihydropyridines is 1. The molecule has 0 amide bonds. The fourth-order valence-electron chi connectivity index (χ4n) is 10.2. The average molecular weight is 762 g/mol. The zero-order valence-electron chi connectivity index (χ0n) is 33.8. The predicted molar refractivity (Wildman–Crippen MR) is 248 cm³/mol. The van der Waals surface area contributed by atoms with Crippen LogP contribution in [0.25, 0.3) is 67.3 Å². The first kappa shape index (κ1) is 35.5. The van der Waals surface area contributed by atoms with Crippen LogP contribution in [0.4, 0.5) is 0 Å². The van der Waals surface area contributed by atoms with E-state index in [9.17, 15) is 0 Å². The fraction of sp³-hybridized carbons (Fsp3) is 0.161. The Kier molecular flexibility index (Phi) is 8.58. The summed E-state index contributed by atoms with van der Waals surface area (Å²) in [5.41, 5.74) is 21.8. The largest absolute Gasteiger partial charge is 0.387 e. The number of aryl methyl sites for hydroxylation is 1. The molecule has 3 heteroatoms. The molecule has 3 aliphatic carbocycles. The maximum absolute atomic E-state index is 4.73. The molecule has 1 aliphatic heterocycles. The van der Waals surface area contributed by atoms with E-state index in [-0.39, 0.29) is 5.41 Å². The van der Waals surface area contributed by atoms with Crippen LogP contribution in [0.2, 0.25) is 0 Å². The summed E-state index contributed by atoms with van der Waals surface area (Å²) < 4.78 is 2.47. The third-order valence-corrected chi connectivity index (χ3v) is 13.4. The van der Waals surface area contributed by atoms with Gasteiger partial charge in [0.1, 0.15) is 0 Å². The van der Waals surface area contributed by atoms with E-state index < -0.39 is 0 Å². The highest BCUT2D eigenvalue weighted by atomic mass is 15.0. The van der Waals surface area contributed by atoms with Gasteiger partial charge in [-0.15, -0.1) is 0 Å². The van der Waals surface area contributed by atoms with Gasteiger partial charge in [0, 0.05) is 52.6 Å². The molecule has 4 aliphatic rings. The molecule has 0 radical (unpaired) electrons. The molecule has 0 saturated heterocycles. The van der Waals surface area contributed by atoms with Crippen LogP contribution in [-0.2, 0) is 11.8 Å². The summed E-state index contributed by atoms with van der Waals surface area (Å²) in [4.78, 5) is 4.73. The maximum atomic E-state index is 4.73. The molecule has 1 N–H and O–H groups in total. The normalized spacial score (nSPS) is 18.8. The molecule has 0 spiro atoms. The Labute approximate surface area is 347 Å². The number of fused-ring (bicyclic) bond motifs is 6. The number of rotatable bonds is 7. The molecule has 0 bridgehead atoms. The van der Waals surface area contributed by atoms with E-state index in [1.54, 1.807) is 0 Å². The number of benzene rings is 5. The van der Waals surface area contributed by atoms with Gasteiger partial charge < -0.3 is 9.88 Å². The van der Waals surface area contributed by atoms with Crippen LogP contribution >= 0.6 is 0 Å². The van der Waals surface area contributed by atoms with Crippen molar-refractivity contribution in [1.29, 1.82) is 0 Å². The number of nitrogens with zero attached hydrogens (tertiary/aromatic N) is 2. The van der Waals surface area contributed by atoms with E-state index >= 15 is 0 Å². The number of aromatic nitrogens is 2. The molecule has 0 saturated carbocycles. The summed E-state index contributed by atoms with van der Waals surface area (Å²) in [6.45, 7) is 5.64. The number of hydrogen-bond donors (Lipinski definition) is 1. The molecule has 3 heterocycles. The van der Waals surface area contributed by atoms with Gasteiger partial charge >= 0.3 is 0 Å². The van der Waals surface area contributed by atoms with Crippen molar-refractivity contribution >= 4 is 28.1 Å². The van der Waals surface area contributed by atoms with Crippen molar-refractivity contribution in [1.82, 2.24) is 14.9 Å². The minimum Gasteiger partial charge on any atom is -0.387 e. The summed E-state index contributed by atoms with van der Waals surface area (Å²) in [6, 6.07) is 45.6. The van der Waals surface area contributed by atoms with Crippen molar-refractivity contribution in [3.05, 3.63) is 209 Å². The Morgan fingerprint density at radius 3 is 2.51 bits per heavy atom. The van der Waals surface area contributed by atoms with E-state index in [0.29, 0.717) is 5.92 Å². The quantitative estimate of drug-likeness (QED) is 0.175. The Bertz CT molecular complexity index is 2970. The van der Waals surface area contributed by atoms with Gasteiger partial charge in [0.2, 0.25) is 0 Å². The van der Waals surface area contributed by atoms with Gasteiger partial charge in [-0.2, -0.15) is 0 Å². The van der Waals surface area contributed by atoms with Crippen LogP contribution in [-0.4, -0.2) is 16.1 Å². The van der Waals surface area contributed by atoms with E-state index in [2.05, 4.69) is 188 Å². The standard InChI is InChI=1S/C56H47N3/c1-3-56(2)51-26-24-40(43-30-44(42-16-12-27-57-36-42)32-45(31-43)53-20-8-9-28-58-53)34-50(51)47-25-23-41(35-52(47)56)38-14-10-13-37(29-38)39-15-11-17-46(33-39)59-54-21-6-4-18-48(54)49-19-5-7-22-55(49)59/h4,6-18,20-26,28,30-37,57H,3,5,19,27,29H2,1-2H3. The highest BCUT2D eigenvalue weighted by Crippen LogP contribution is 2.53. The summed E-state index contributed by atoms with van der Waals surface area (Å²) in [5.74, 6) is 0.302. The molecule has 3 nitrogen and oxygen atoms in total. The van der Waals surface area contributed by atoms with Gasteiger partial charge in [-0.25, -0.2) is 0 Å². The lowest BCUT2D eigenvalue weighted by Gasteiger charge is -2.27. The van der Waals surface area contributed by atoms with Gasteiger partial charge in [0.25, 0.3) is 0 Å². The summed E-state index contributed by atoms with van der Waals surface area (Å²) in [6.07, 6.45) is 24.3. The molecule has 0 fully saturated rings. The third kappa shape index (κ3) is 5.99. The van der Waals surface area contributed by atoms with E-state index in [1.165, 1.54) is 89.1 Å². The molecule has 11 rings (SSSR count). The van der Waals surface area contributed by atoms with E-state index in [4.69, 9.17) is 4.98 Å². The topological polar surface area (TPSA) is 29.9 Å². The molecule has 286 valence electrons. The second-order valence-electron chi connectivity index (χ2n) is 16.8. The Balaban J connectivity index is 0.926. The minimum atomic E-state index is -0.0739. The van der Waals surface area contributed by atoms with Crippen molar-refractivity contribution in [2.75, 3.05) is 6.54 Å². The fourth-order valence-corrected chi connectivity index (χ4v) is 10.2. The van der Waals surface area contributed by atoms with Crippen molar-refractivity contribution in [3.8, 4) is 39.2 Å². The number of allylic oxidation sites excluding steroid dienone is 7. The molecule has 59 heavy (non-hydrogen) atoms. The van der Waals surface area contributed by atoms with Crippen LogP contribution in [0.15, 0.2) is 170 Å². The first-order chi connectivity index (χ1) is 29.1. The molecule has 2 aromatic heterocycles. The van der Waals surface area contributed by atoms with Crippen molar-refractivity contribution in [3.63, 3.8) is 0 Å². The first-order valence-electron chi connectivity index (χ1n) is 21.3. The molecular weight excluding hydrogens is 715 g/mol. The Morgan fingerprint density at radius 1 is 0.746 bits per heavy atom. The first-order valence-corrected chi connectivity index (χ1v) is 21.3. The molecule has 2 unspecified atom stereocenters. The number of nitrogens with one attached hydrogen (secondary N) is 1. The lowest BCUT2D eigenvalue weighted by atomic mass is 9.76. The van der Waals surface area contributed by atoms with Crippen molar-refractivity contribution in [2.24, 2.45) is 0 Å². The van der Waals surface area contributed by atoms with Crippen LogP contribution in [0, 0.1) is 0 Å². The second kappa shape index (κ2) is 14.3. The monoisotopic (exact) mass is 761 g/mol. The van der Waals surface area contributed by atoms with Gasteiger partial charge in [0.05, 0.1) is 11.2 Å². The van der Waals surface area contributed by atoms with Crippen LogP contribution in [0.3, 0.4) is 0 Å². The number of para-hydroxylation sites is 1. The zero-order chi connectivity index (χ0) is 39.5. The SMILES string of the molecule is CCC1(C)c2ccc(-c3cc(C4=CNCC=C4)cc(-c4ccccn4)c3)cc2-c2ccc(C3=CC=CC(c4cccc(-n5c6c(c7ccccc75)CCC=C6)c4)C3)cc21. The summed E-state index contributed by atoms with van der Waals surface area (Å²) in [7, 11) is 0. The lowest BCUT2D eigenvalue weighted by molar-refractivity contribution is 0.564. The maximum Gasteiger partial charge on any atom is 0.0702 e. The predicted octanol–water partition coefficient (Wildman–Crippen LogP) is 13.6. The Morgan fingerprint density at radius 2 is 1.63 bits per heavy atom. The third-order valence-electron chi connectivity index (χ3n) is 13.4. The van der Waals surface area contributed by atoms with E-state index in [0.717, 1.165) is 43.5 Å². The molecular formula is C56H47N3. The summed E-state index contributed by atoms with van der Waals surface area (Å²) in [5, 5.41) is 4.77. The highest BCUT2D eigenvalue weighted by Gasteiger charge is 2.38. The smallest absolute Gasteiger partial charge is 0.0702 e. The number of pyridine rings is 1. The molecule has 7 aromatic rings. The highest BCUT2D eigenvalue weighted by molar-refractivity contribution is 5.91. The van der Waals surface area contributed by atoms with Crippen LogP contribution in [0.1, 0.15) is 78.1 Å².